The summed E-state index contributed by atoms with van der Waals surface area (Å²) in [5.41, 5.74) is 0.860. The van der Waals surface area contributed by atoms with Crippen LogP contribution in [0.25, 0.3) is 0 Å². The number of imide groups is 1. The average Bonchev–Trinajstić information content (AvgIpc) is 3.20. The lowest BCUT2D eigenvalue weighted by Crippen LogP contribution is -2.50. The van der Waals surface area contributed by atoms with Gasteiger partial charge < -0.3 is 19.3 Å². The number of nitrogens with zero attached hydrogens (tertiary/aromatic N) is 1. The van der Waals surface area contributed by atoms with Gasteiger partial charge in [-0.15, -0.1) is 0 Å². The van der Waals surface area contributed by atoms with Crippen LogP contribution in [0.15, 0.2) is 54.3 Å². The Morgan fingerprint density at radius 2 is 1.97 bits per heavy atom. The van der Waals surface area contributed by atoms with Crippen molar-refractivity contribution in [2.24, 2.45) is 11.8 Å². The summed E-state index contributed by atoms with van der Waals surface area (Å²) < 4.78 is 16.4. The van der Waals surface area contributed by atoms with E-state index >= 15 is 0 Å². The number of hydrogen-bond acceptors (Lipinski definition) is 7. The maximum Gasteiger partial charge on any atom is 0.416 e. The molecule has 3 rings (SSSR count). The van der Waals surface area contributed by atoms with E-state index in [4.69, 9.17) is 19.3 Å². The van der Waals surface area contributed by atoms with Crippen molar-refractivity contribution >= 4 is 17.8 Å². The first-order valence-electron chi connectivity index (χ1n) is 11.2. The van der Waals surface area contributed by atoms with Crippen LogP contribution in [0.1, 0.15) is 25.8 Å². The smallest absolute Gasteiger partial charge is 0.416 e. The van der Waals surface area contributed by atoms with E-state index in [1.807, 2.05) is 44.2 Å². The molecule has 2 aliphatic heterocycles. The highest BCUT2D eigenvalue weighted by Gasteiger charge is 2.46. The minimum atomic E-state index is -1.06. The van der Waals surface area contributed by atoms with Gasteiger partial charge in [-0.05, 0) is 42.6 Å². The third-order valence-corrected chi connectivity index (χ3v) is 5.69. The summed E-state index contributed by atoms with van der Waals surface area (Å²) in [5, 5.41) is 8.79. The van der Waals surface area contributed by atoms with E-state index in [1.54, 1.807) is 12.2 Å². The SMILES string of the molecule is CC(C)C1COC(=O)N1C(=O)C(Cc1ccccc1)C1OC(=CCCOCCO)C=CC1=O. The number of ether oxygens (including phenoxy) is 3. The number of aliphatic hydroxyl groups excluding tert-OH is 1. The molecule has 0 spiro atoms. The molecule has 8 heteroatoms. The molecule has 1 aromatic rings. The molecule has 2 amide bonds. The molecule has 2 aliphatic rings. The molecule has 1 saturated heterocycles. The molecule has 0 radical (unpaired) electrons. The molecule has 0 saturated carbocycles. The molecular formula is C25H31NO7. The van der Waals surface area contributed by atoms with Crippen LogP contribution in [0.3, 0.4) is 0 Å². The number of amides is 2. The second-order valence-electron chi connectivity index (χ2n) is 8.40. The van der Waals surface area contributed by atoms with E-state index in [0.717, 1.165) is 10.5 Å². The Kier molecular flexibility index (Phi) is 8.79. The molecule has 0 aliphatic carbocycles. The lowest BCUT2D eigenvalue weighted by Gasteiger charge is -2.32. The molecule has 0 bridgehead atoms. The van der Waals surface area contributed by atoms with E-state index < -0.39 is 30.1 Å². The fourth-order valence-corrected chi connectivity index (χ4v) is 3.90. The number of carbonyl (C=O) groups excluding carboxylic acids is 3. The molecule has 1 N–H and O–H groups in total. The molecule has 0 aromatic heterocycles. The van der Waals surface area contributed by atoms with E-state index in [2.05, 4.69) is 0 Å². The fraction of sp³-hybridized carbons (Fsp3) is 0.480. The van der Waals surface area contributed by atoms with Crippen molar-refractivity contribution in [3.8, 4) is 0 Å². The van der Waals surface area contributed by atoms with Crippen LogP contribution in [0.5, 0.6) is 0 Å². The summed E-state index contributed by atoms with van der Waals surface area (Å²) in [6.45, 7) is 4.56. The van der Waals surface area contributed by atoms with Crippen LogP contribution in [0.4, 0.5) is 4.79 Å². The lowest BCUT2D eigenvalue weighted by atomic mass is 9.88. The Bertz CT molecular complexity index is 893. The van der Waals surface area contributed by atoms with Gasteiger partial charge in [-0.3, -0.25) is 9.59 Å². The quantitative estimate of drug-likeness (QED) is 0.539. The summed E-state index contributed by atoms with van der Waals surface area (Å²) >= 11 is 0. The van der Waals surface area contributed by atoms with E-state index in [9.17, 15) is 14.4 Å². The van der Waals surface area contributed by atoms with Crippen molar-refractivity contribution in [2.75, 3.05) is 26.4 Å². The highest BCUT2D eigenvalue weighted by atomic mass is 16.6. The van der Waals surface area contributed by atoms with Gasteiger partial charge in [-0.1, -0.05) is 44.2 Å². The van der Waals surface area contributed by atoms with Crippen LogP contribution in [-0.4, -0.2) is 66.4 Å². The van der Waals surface area contributed by atoms with Gasteiger partial charge in [0.25, 0.3) is 0 Å². The highest BCUT2D eigenvalue weighted by molar-refractivity contribution is 6.02. The van der Waals surface area contributed by atoms with Crippen LogP contribution in [0.2, 0.25) is 0 Å². The zero-order chi connectivity index (χ0) is 23.8. The lowest BCUT2D eigenvalue weighted by molar-refractivity contribution is -0.144. The second-order valence-corrected chi connectivity index (χ2v) is 8.40. The van der Waals surface area contributed by atoms with E-state index in [1.165, 1.54) is 6.08 Å². The average molecular weight is 458 g/mol. The first kappa shape index (κ1) is 24.7. The Morgan fingerprint density at radius 3 is 2.67 bits per heavy atom. The number of rotatable bonds is 10. The van der Waals surface area contributed by atoms with E-state index in [-0.39, 0.29) is 37.9 Å². The molecule has 3 atom stereocenters. The predicted molar refractivity (Wildman–Crippen MR) is 120 cm³/mol. The number of benzene rings is 1. The maximum absolute atomic E-state index is 13.7. The van der Waals surface area contributed by atoms with Crippen LogP contribution < -0.4 is 0 Å². The topological polar surface area (TPSA) is 102 Å². The minimum absolute atomic E-state index is 0.00928. The first-order valence-corrected chi connectivity index (χ1v) is 11.2. The van der Waals surface area contributed by atoms with Gasteiger partial charge in [-0.2, -0.15) is 0 Å². The normalized spacial score (nSPS) is 22.5. The van der Waals surface area contributed by atoms with Crippen LogP contribution in [0, 0.1) is 11.8 Å². The Hall–Kier alpha value is -2.97. The maximum atomic E-state index is 13.7. The van der Waals surface area contributed by atoms with Crippen molar-refractivity contribution in [1.29, 1.82) is 0 Å². The monoisotopic (exact) mass is 457 g/mol. The largest absolute Gasteiger partial charge is 0.482 e. The number of allylic oxidation sites excluding steroid dienone is 1. The third-order valence-electron chi connectivity index (χ3n) is 5.69. The van der Waals surface area contributed by atoms with Gasteiger partial charge in [0, 0.05) is 0 Å². The van der Waals surface area contributed by atoms with Crippen molar-refractivity contribution in [2.45, 2.75) is 38.8 Å². The molecule has 8 nitrogen and oxygen atoms in total. The molecule has 178 valence electrons. The van der Waals surface area contributed by atoms with Gasteiger partial charge in [0.1, 0.15) is 12.4 Å². The number of ketones is 1. The zero-order valence-electron chi connectivity index (χ0n) is 19.0. The zero-order valence-corrected chi connectivity index (χ0v) is 19.0. The Labute approximate surface area is 193 Å². The molecule has 33 heavy (non-hydrogen) atoms. The Balaban J connectivity index is 1.85. The first-order chi connectivity index (χ1) is 15.9. The van der Waals surface area contributed by atoms with Crippen molar-refractivity contribution < 1.29 is 33.7 Å². The van der Waals surface area contributed by atoms with Crippen LogP contribution in [-0.2, 0) is 30.2 Å². The standard InChI is InChI=1S/C25H31NO7/c1-17(2)21-16-32-25(30)26(21)24(29)20(15-18-7-4-3-5-8-18)23-22(28)11-10-19(33-23)9-6-13-31-14-12-27/h3-5,7-11,17,20-21,23,27H,6,12-16H2,1-2H3. The second kappa shape index (κ2) is 11.8. The summed E-state index contributed by atoms with van der Waals surface area (Å²) in [5.74, 6) is -1.23. The molecular weight excluding hydrogens is 426 g/mol. The van der Waals surface area contributed by atoms with Gasteiger partial charge in [-0.25, -0.2) is 9.69 Å². The van der Waals surface area contributed by atoms with Crippen molar-refractivity contribution in [3.05, 3.63) is 59.9 Å². The van der Waals surface area contributed by atoms with Gasteiger partial charge >= 0.3 is 6.09 Å². The molecule has 2 heterocycles. The number of cyclic esters (lactones) is 1. The summed E-state index contributed by atoms with van der Waals surface area (Å²) in [6.07, 6.45) is 3.76. The fourth-order valence-electron chi connectivity index (χ4n) is 3.90. The van der Waals surface area contributed by atoms with E-state index in [0.29, 0.717) is 18.8 Å². The van der Waals surface area contributed by atoms with Gasteiger partial charge in [0.15, 0.2) is 11.9 Å². The predicted octanol–water partition coefficient (Wildman–Crippen LogP) is 2.66. The van der Waals surface area contributed by atoms with Crippen molar-refractivity contribution in [1.82, 2.24) is 4.90 Å². The summed E-state index contributed by atoms with van der Waals surface area (Å²) in [6, 6.07) is 8.95. The molecule has 1 fully saturated rings. The summed E-state index contributed by atoms with van der Waals surface area (Å²) in [4.78, 5) is 40.1. The number of aliphatic hydroxyl groups is 1. The minimum Gasteiger partial charge on any atom is -0.482 e. The Morgan fingerprint density at radius 1 is 1.21 bits per heavy atom. The van der Waals surface area contributed by atoms with Crippen LogP contribution >= 0.6 is 0 Å². The van der Waals surface area contributed by atoms with Gasteiger partial charge in [0.2, 0.25) is 5.91 Å². The number of hydrogen-bond donors (Lipinski definition) is 1. The third kappa shape index (κ3) is 6.30. The van der Waals surface area contributed by atoms with Crippen molar-refractivity contribution in [3.63, 3.8) is 0 Å². The molecule has 3 unspecified atom stereocenters. The number of carbonyl (C=O) groups is 3. The molecule has 1 aromatic carbocycles. The van der Waals surface area contributed by atoms with Gasteiger partial charge in [0.05, 0.1) is 31.8 Å². The summed E-state index contributed by atoms with van der Waals surface area (Å²) in [7, 11) is 0. The highest BCUT2D eigenvalue weighted by Crippen LogP contribution is 2.29.